The van der Waals surface area contributed by atoms with Gasteiger partial charge in [-0.25, -0.2) is 0 Å². The lowest BCUT2D eigenvalue weighted by atomic mass is 10.1. The maximum Gasteiger partial charge on any atom is 0.312 e. The molecule has 0 aliphatic carbocycles. The summed E-state index contributed by atoms with van der Waals surface area (Å²) in [5.41, 5.74) is 0.854. The lowest BCUT2D eigenvalue weighted by molar-refractivity contribution is -0.143. The zero-order valence-corrected chi connectivity index (χ0v) is 11.1. The molecule has 0 aromatic heterocycles. The summed E-state index contributed by atoms with van der Waals surface area (Å²) in [7, 11) is 4.58. The maximum absolute atomic E-state index is 11.3. The van der Waals surface area contributed by atoms with E-state index in [9.17, 15) is 4.79 Å². The van der Waals surface area contributed by atoms with Crippen LogP contribution in [0.5, 0.6) is 11.5 Å². The highest BCUT2D eigenvalue weighted by Gasteiger charge is 2.09. The molecule has 0 aliphatic heterocycles. The average Bonchev–Trinajstić information content (AvgIpc) is 2.43. The fraction of sp³-hybridized carbons (Fsp3) is 0.357. The van der Waals surface area contributed by atoms with Crippen LogP contribution in [0.2, 0.25) is 0 Å². The fourth-order valence-corrected chi connectivity index (χ4v) is 1.48. The quantitative estimate of drug-likeness (QED) is 0.753. The Morgan fingerprint density at radius 2 is 1.94 bits per heavy atom. The summed E-state index contributed by atoms with van der Waals surface area (Å²) < 4.78 is 15.0. The first kappa shape index (κ1) is 14.1. The maximum atomic E-state index is 11.3. The topological polar surface area (TPSA) is 44.8 Å². The number of methoxy groups -OCH3 is 3. The van der Waals surface area contributed by atoms with Crippen molar-refractivity contribution in [3.05, 3.63) is 29.8 Å². The van der Waals surface area contributed by atoms with Gasteiger partial charge < -0.3 is 14.2 Å². The number of ether oxygens (including phenoxy) is 3. The van der Waals surface area contributed by atoms with E-state index in [0.29, 0.717) is 0 Å². The molecular weight excluding hydrogens is 232 g/mol. The summed E-state index contributed by atoms with van der Waals surface area (Å²) in [5.74, 6) is 0.893. The molecule has 1 unspecified atom stereocenters. The molecular formula is C14H18O4. The van der Waals surface area contributed by atoms with Crippen LogP contribution in [0.4, 0.5) is 0 Å². The summed E-state index contributed by atoms with van der Waals surface area (Å²) in [6.45, 7) is 1.77. The highest BCUT2D eigenvalue weighted by Crippen LogP contribution is 2.25. The van der Waals surface area contributed by atoms with E-state index in [-0.39, 0.29) is 11.9 Å². The second-order valence-electron chi connectivity index (χ2n) is 3.78. The van der Waals surface area contributed by atoms with Crippen LogP contribution in [0.15, 0.2) is 24.3 Å². The summed E-state index contributed by atoms with van der Waals surface area (Å²) in [6.07, 6.45) is 3.59. The zero-order valence-electron chi connectivity index (χ0n) is 11.1. The molecule has 0 fully saturated rings. The number of carbonyl (C=O) groups excluding carboxylic acids is 1. The van der Waals surface area contributed by atoms with Crippen LogP contribution in [-0.2, 0) is 9.53 Å². The lowest BCUT2D eigenvalue weighted by Gasteiger charge is -2.08. The smallest absolute Gasteiger partial charge is 0.312 e. The molecule has 0 aliphatic rings. The molecule has 4 heteroatoms. The first-order valence-corrected chi connectivity index (χ1v) is 5.60. The number of hydrogen-bond donors (Lipinski definition) is 0. The van der Waals surface area contributed by atoms with E-state index in [1.165, 1.54) is 7.11 Å². The molecule has 1 aromatic carbocycles. The van der Waals surface area contributed by atoms with Crippen LogP contribution in [0.1, 0.15) is 12.5 Å². The van der Waals surface area contributed by atoms with Crippen LogP contribution >= 0.6 is 0 Å². The lowest BCUT2D eigenvalue weighted by Crippen LogP contribution is -2.09. The molecule has 98 valence electrons. The van der Waals surface area contributed by atoms with E-state index in [1.807, 2.05) is 24.3 Å². The SMILES string of the molecule is COC(=O)C(C)/C=C\c1cc(OC)ccc1OC. The predicted octanol–water partition coefficient (Wildman–Crippen LogP) is 2.53. The van der Waals surface area contributed by atoms with Crippen molar-refractivity contribution in [2.24, 2.45) is 5.92 Å². The number of carbonyl (C=O) groups is 1. The van der Waals surface area contributed by atoms with Gasteiger partial charge in [-0.05, 0) is 25.1 Å². The van der Waals surface area contributed by atoms with Crippen molar-refractivity contribution in [2.75, 3.05) is 21.3 Å². The van der Waals surface area contributed by atoms with Crippen LogP contribution in [0.3, 0.4) is 0 Å². The second-order valence-corrected chi connectivity index (χ2v) is 3.78. The summed E-state index contributed by atoms with van der Waals surface area (Å²) >= 11 is 0. The molecule has 1 aromatic rings. The number of hydrogen-bond acceptors (Lipinski definition) is 4. The average molecular weight is 250 g/mol. The summed E-state index contributed by atoms with van der Waals surface area (Å²) in [6, 6.07) is 5.49. The van der Waals surface area contributed by atoms with Crippen molar-refractivity contribution in [1.82, 2.24) is 0 Å². The molecule has 0 bridgehead atoms. The standard InChI is InChI=1S/C14H18O4/c1-10(14(15)18-4)5-6-11-9-12(16-2)7-8-13(11)17-3/h5-10H,1-4H3/b6-5-. The van der Waals surface area contributed by atoms with Crippen molar-refractivity contribution in [3.63, 3.8) is 0 Å². The molecule has 1 rings (SSSR count). The van der Waals surface area contributed by atoms with E-state index in [4.69, 9.17) is 9.47 Å². The molecule has 1 atom stereocenters. The highest BCUT2D eigenvalue weighted by molar-refractivity contribution is 5.75. The molecule has 18 heavy (non-hydrogen) atoms. The Labute approximate surface area is 107 Å². The van der Waals surface area contributed by atoms with Gasteiger partial charge in [0.25, 0.3) is 0 Å². The van der Waals surface area contributed by atoms with Crippen molar-refractivity contribution < 1.29 is 19.0 Å². The van der Waals surface area contributed by atoms with Gasteiger partial charge in [-0.2, -0.15) is 0 Å². The Morgan fingerprint density at radius 3 is 2.50 bits per heavy atom. The molecule has 4 nitrogen and oxygen atoms in total. The van der Waals surface area contributed by atoms with Crippen molar-refractivity contribution in [3.8, 4) is 11.5 Å². The van der Waals surface area contributed by atoms with Gasteiger partial charge in [-0.15, -0.1) is 0 Å². The van der Waals surface area contributed by atoms with Gasteiger partial charge in [0.15, 0.2) is 0 Å². The van der Waals surface area contributed by atoms with Crippen LogP contribution in [0, 0.1) is 5.92 Å². The van der Waals surface area contributed by atoms with Crippen LogP contribution in [-0.4, -0.2) is 27.3 Å². The normalized spacial score (nSPS) is 12.2. The molecule has 0 spiro atoms. The Kier molecular flexibility index (Phi) is 5.24. The van der Waals surface area contributed by atoms with Gasteiger partial charge in [-0.3, -0.25) is 4.79 Å². The molecule has 0 N–H and O–H groups in total. The largest absolute Gasteiger partial charge is 0.497 e. The van der Waals surface area contributed by atoms with E-state index >= 15 is 0 Å². The Morgan fingerprint density at radius 1 is 1.22 bits per heavy atom. The van der Waals surface area contributed by atoms with Crippen LogP contribution in [0.25, 0.3) is 6.08 Å². The van der Waals surface area contributed by atoms with E-state index < -0.39 is 0 Å². The van der Waals surface area contributed by atoms with Gasteiger partial charge >= 0.3 is 5.97 Å². The molecule has 0 amide bonds. The molecule has 0 saturated heterocycles. The van der Waals surface area contributed by atoms with Crippen molar-refractivity contribution in [2.45, 2.75) is 6.92 Å². The highest BCUT2D eigenvalue weighted by atomic mass is 16.5. The van der Waals surface area contributed by atoms with E-state index in [1.54, 1.807) is 27.2 Å². The third kappa shape index (κ3) is 3.52. The first-order valence-electron chi connectivity index (χ1n) is 5.60. The second kappa shape index (κ2) is 6.69. The summed E-state index contributed by atoms with van der Waals surface area (Å²) in [4.78, 5) is 11.3. The van der Waals surface area contributed by atoms with Gasteiger partial charge in [0.05, 0.1) is 27.2 Å². The Balaban J connectivity index is 2.94. The third-order valence-electron chi connectivity index (χ3n) is 2.57. The monoisotopic (exact) mass is 250 g/mol. The van der Waals surface area contributed by atoms with Gasteiger partial charge in [0.1, 0.15) is 11.5 Å². The van der Waals surface area contributed by atoms with Gasteiger partial charge in [0, 0.05) is 5.56 Å². The predicted molar refractivity (Wildman–Crippen MR) is 69.8 cm³/mol. The Bertz CT molecular complexity index is 437. The van der Waals surface area contributed by atoms with Crippen LogP contribution < -0.4 is 9.47 Å². The minimum absolute atomic E-state index is 0.270. The Hall–Kier alpha value is -1.97. The van der Waals surface area contributed by atoms with E-state index in [0.717, 1.165) is 17.1 Å². The van der Waals surface area contributed by atoms with Gasteiger partial charge in [0.2, 0.25) is 0 Å². The minimum Gasteiger partial charge on any atom is -0.497 e. The first-order chi connectivity index (χ1) is 8.62. The zero-order chi connectivity index (χ0) is 13.5. The van der Waals surface area contributed by atoms with Gasteiger partial charge in [-0.1, -0.05) is 12.2 Å². The number of benzene rings is 1. The molecule has 0 radical (unpaired) electrons. The van der Waals surface area contributed by atoms with E-state index in [2.05, 4.69) is 4.74 Å². The number of rotatable bonds is 5. The van der Waals surface area contributed by atoms with Crippen molar-refractivity contribution in [1.29, 1.82) is 0 Å². The summed E-state index contributed by atoms with van der Waals surface area (Å²) in [5, 5.41) is 0. The molecule has 0 heterocycles. The van der Waals surface area contributed by atoms with Crippen molar-refractivity contribution >= 4 is 12.0 Å². The third-order valence-corrected chi connectivity index (χ3v) is 2.57. The molecule has 0 saturated carbocycles. The minimum atomic E-state index is -0.300. The number of esters is 1. The fourth-order valence-electron chi connectivity index (χ4n) is 1.48.